The molecule has 0 bridgehead atoms. The molecule has 2 aromatic rings. The number of amides is 4. The van der Waals surface area contributed by atoms with Crippen molar-refractivity contribution in [1.29, 1.82) is 0 Å². The lowest BCUT2D eigenvalue weighted by Crippen LogP contribution is -2.43. The Hall–Kier alpha value is -2.94. The number of thiazole rings is 1. The molecule has 2 aliphatic rings. The van der Waals surface area contributed by atoms with Crippen LogP contribution in [0, 0.1) is 0 Å². The van der Waals surface area contributed by atoms with Crippen LogP contribution in [-0.2, 0) is 4.79 Å². The van der Waals surface area contributed by atoms with E-state index in [-0.39, 0.29) is 17.8 Å². The fourth-order valence-corrected chi connectivity index (χ4v) is 3.96. The van der Waals surface area contributed by atoms with Gasteiger partial charge in [0.05, 0.1) is 0 Å². The van der Waals surface area contributed by atoms with Crippen LogP contribution in [0.5, 0.6) is 0 Å². The van der Waals surface area contributed by atoms with E-state index in [1.807, 2.05) is 0 Å². The molecule has 0 saturated carbocycles. The number of hydrogen-bond acceptors (Lipinski definition) is 5. The average Bonchev–Trinajstić information content (AvgIpc) is 3.43. The van der Waals surface area contributed by atoms with Crippen LogP contribution in [0.4, 0.5) is 15.6 Å². The van der Waals surface area contributed by atoms with E-state index < -0.39 is 6.04 Å². The zero-order chi connectivity index (χ0) is 18.8. The standard InChI is InChI=1S/C18H19N5O3S/c24-15(21-17-19-8-11-27-17)14-2-1-9-23(14)16(25)12-3-5-13(6-4-12)22-10-7-20-18(22)26/h3-6,8,11,14H,1-2,7,9-10H2,(H,20,26)(H,19,21,24). The highest BCUT2D eigenvalue weighted by atomic mass is 32.1. The molecule has 1 aromatic carbocycles. The van der Waals surface area contributed by atoms with Gasteiger partial charge in [-0.15, -0.1) is 11.3 Å². The van der Waals surface area contributed by atoms with Crippen LogP contribution in [0.1, 0.15) is 23.2 Å². The highest BCUT2D eigenvalue weighted by Crippen LogP contribution is 2.24. The number of benzene rings is 1. The molecule has 0 spiro atoms. The first-order chi connectivity index (χ1) is 13.1. The molecule has 8 nitrogen and oxygen atoms in total. The van der Waals surface area contributed by atoms with Gasteiger partial charge in [-0.1, -0.05) is 0 Å². The largest absolute Gasteiger partial charge is 0.336 e. The number of aromatic nitrogens is 1. The Balaban J connectivity index is 1.46. The summed E-state index contributed by atoms with van der Waals surface area (Å²) in [5.41, 5.74) is 1.26. The summed E-state index contributed by atoms with van der Waals surface area (Å²) in [7, 11) is 0. The van der Waals surface area contributed by atoms with Gasteiger partial charge >= 0.3 is 6.03 Å². The average molecular weight is 385 g/mol. The predicted molar refractivity (Wildman–Crippen MR) is 102 cm³/mol. The maximum atomic E-state index is 12.9. The quantitative estimate of drug-likeness (QED) is 0.841. The van der Waals surface area contributed by atoms with Gasteiger partial charge in [0.25, 0.3) is 5.91 Å². The van der Waals surface area contributed by atoms with E-state index >= 15 is 0 Å². The van der Waals surface area contributed by atoms with Gasteiger partial charge in [0.2, 0.25) is 5.91 Å². The van der Waals surface area contributed by atoms with Crippen LogP contribution in [0.2, 0.25) is 0 Å². The Kier molecular flexibility index (Phi) is 4.76. The smallest absolute Gasteiger partial charge is 0.321 e. The molecule has 9 heteroatoms. The predicted octanol–water partition coefficient (Wildman–Crippen LogP) is 1.92. The normalized spacial score (nSPS) is 19.3. The monoisotopic (exact) mass is 385 g/mol. The van der Waals surface area contributed by atoms with Crippen LogP contribution in [0.3, 0.4) is 0 Å². The maximum Gasteiger partial charge on any atom is 0.321 e. The van der Waals surface area contributed by atoms with Gasteiger partial charge in [-0.2, -0.15) is 0 Å². The highest BCUT2D eigenvalue weighted by molar-refractivity contribution is 7.13. The molecule has 2 N–H and O–H groups in total. The van der Waals surface area contributed by atoms with Gasteiger partial charge in [-0.05, 0) is 37.1 Å². The molecule has 1 unspecified atom stereocenters. The van der Waals surface area contributed by atoms with Crippen LogP contribution >= 0.6 is 11.3 Å². The summed E-state index contributed by atoms with van der Waals surface area (Å²) in [6.45, 7) is 1.77. The second-order valence-corrected chi connectivity index (χ2v) is 7.31. The second kappa shape index (κ2) is 7.36. The first kappa shape index (κ1) is 17.5. The minimum Gasteiger partial charge on any atom is -0.336 e. The molecule has 140 valence electrons. The summed E-state index contributed by atoms with van der Waals surface area (Å²) >= 11 is 1.35. The first-order valence-electron chi connectivity index (χ1n) is 8.80. The minimum atomic E-state index is -0.495. The molecule has 3 heterocycles. The van der Waals surface area contributed by atoms with Gasteiger partial charge in [0.15, 0.2) is 5.13 Å². The van der Waals surface area contributed by atoms with Crippen molar-refractivity contribution < 1.29 is 14.4 Å². The van der Waals surface area contributed by atoms with E-state index in [0.29, 0.717) is 36.8 Å². The third-order valence-corrected chi connectivity index (χ3v) is 5.45. The van der Waals surface area contributed by atoms with Crippen LogP contribution < -0.4 is 15.5 Å². The van der Waals surface area contributed by atoms with Crippen molar-refractivity contribution in [3.8, 4) is 0 Å². The van der Waals surface area contributed by atoms with Crippen molar-refractivity contribution in [2.24, 2.45) is 0 Å². The van der Waals surface area contributed by atoms with Crippen molar-refractivity contribution in [3.63, 3.8) is 0 Å². The molecular formula is C18H19N5O3S. The summed E-state index contributed by atoms with van der Waals surface area (Å²) in [5.74, 6) is -0.384. The molecule has 0 aliphatic carbocycles. The van der Waals surface area contributed by atoms with Crippen LogP contribution in [0.15, 0.2) is 35.8 Å². The minimum absolute atomic E-state index is 0.132. The zero-order valence-electron chi connectivity index (χ0n) is 14.6. The van der Waals surface area contributed by atoms with Crippen molar-refractivity contribution in [2.75, 3.05) is 29.9 Å². The van der Waals surface area contributed by atoms with E-state index in [2.05, 4.69) is 15.6 Å². The number of hydrogen-bond donors (Lipinski definition) is 2. The van der Waals surface area contributed by atoms with Crippen molar-refractivity contribution in [2.45, 2.75) is 18.9 Å². The first-order valence-corrected chi connectivity index (χ1v) is 9.68. The third kappa shape index (κ3) is 3.50. The lowest BCUT2D eigenvalue weighted by atomic mass is 10.1. The van der Waals surface area contributed by atoms with Gasteiger partial charge in [0.1, 0.15) is 6.04 Å². The SMILES string of the molecule is O=C(Nc1nccs1)C1CCCN1C(=O)c1ccc(N2CCNC2=O)cc1. The van der Waals surface area contributed by atoms with E-state index in [1.165, 1.54) is 11.3 Å². The van der Waals surface area contributed by atoms with Crippen LogP contribution in [-0.4, -0.2) is 53.4 Å². The Morgan fingerprint density at radius 3 is 2.70 bits per heavy atom. The van der Waals surface area contributed by atoms with Crippen LogP contribution in [0.25, 0.3) is 0 Å². The van der Waals surface area contributed by atoms with E-state index in [0.717, 1.165) is 12.1 Å². The summed E-state index contributed by atoms with van der Waals surface area (Å²) in [6, 6.07) is 6.31. The third-order valence-electron chi connectivity index (χ3n) is 4.76. The van der Waals surface area contributed by atoms with Crippen molar-refractivity contribution >= 4 is 40.0 Å². The highest BCUT2D eigenvalue weighted by Gasteiger charge is 2.35. The lowest BCUT2D eigenvalue weighted by Gasteiger charge is -2.24. The Morgan fingerprint density at radius 1 is 1.22 bits per heavy atom. The van der Waals surface area contributed by atoms with Gasteiger partial charge < -0.3 is 15.5 Å². The second-order valence-electron chi connectivity index (χ2n) is 6.41. The number of nitrogens with zero attached hydrogens (tertiary/aromatic N) is 3. The summed E-state index contributed by atoms with van der Waals surface area (Å²) in [4.78, 5) is 44.5. The van der Waals surface area contributed by atoms with Crippen molar-refractivity contribution in [1.82, 2.24) is 15.2 Å². The molecule has 2 saturated heterocycles. The lowest BCUT2D eigenvalue weighted by molar-refractivity contribution is -0.119. The Morgan fingerprint density at radius 2 is 2.04 bits per heavy atom. The maximum absolute atomic E-state index is 12.9. The number of carbonyl (C=O) groups excluding carboxylic acids is 3. The van der Waals surface area contributed by atoms with Gasteiger partial charge in [-0.3, -0.25) is 14.5 Å². The molecule has 1 atom stereocenters. The molecule has 4 amide bonds. The van der Waals surface area contributed by atoms with E-state index in [9.17, 15) is 14.4 Å². The van der Waals surface area contributed by atoms with E-state index in [4.69, 9.17) is 0 Å². The number of likely N-dealkylation sites (tertiary alicyclic amines) is 1. The number of urea groups is 1. The number of nitrogens with one attached hydrogen (secondary N) is 2. The molecule has 2 fully saturated rings. The van der Waals surface area contributed by atoms with Gasteiger partial charge in [-0.25, -0.2) is 9.78 Å². The topological polar surface area (TPSA) is 94.6 Å². The molecule has 0 radical (unpaired) electrons. The van der Waals surface area contributed by atoms with Crippen molar-refractivity contribution in [3.05, 3.63) is 41.4 Å². The summed E-state index contributed by atoms with van der Waals surface area (Å²) < 4.78 is 0. The molecule has 4 rings (SSSR count). The molecule has 2 aliphatic heterocycles. The fraction of sp³-hybridized carbons (Fsp3) is 0.333. The number of carbonyl (C=O) groups is 3. The summed E-state index contributed by atoms with van der Waals surface area (Å²) in [5, 5.41) is 7.85. The Labute approximate surface area is 160 Å². The molecule has 27 heavy (non-hydrogen) atoms. The van der Waals surface area contributed by atoms with Gasteiger partial charge in [0, 0.05) is 42.5 Å². The Bertz CT molecular complexity index is 852. The fourth-order valence-electron chi connectivity index (χ4n) is 3.42. The van der Waals surface area contributed by atoms with E-state index in [1.54, 1.807) is 45.6 Å². The molecule has 1 aromatic heterocycles. The number of anilines is 2. The zero-order valence-corrected chi connectivity index (χ0v) is 15.4. The summed E-state index contributed by atoms with van der Waals surface area (Å²) in [6.07, 6.45) is 3.04. The molecular weight excluding hydrogens is 366 g/mol. The number of rotatable bonds is 4.